The minimum Gasteiger partial charge on any atom is -0.497 e. The summed E-state index contributed by atoms with van der Waals surface area (Å²) < 4.78 is 10.8. The number of carbonyl (C=O) groups is 1. The zero-order valence-corrected chi connectivity index (χ0v) is 17.9. The fourth-order valence-corrected chi connectivity index (χ4v) is 4.53. The fraction of sp³-hybridized carbons (Fsp3) is 0.500. The lowest BCUT2D eigenvalue weighted by molar-refractivity contribution is -0.123. The van der Waals surface area contributed by atoms with Gasteiger partial charge in [0.25, 0.3) is 0 Å². The minimum atomic E-state index is -0.706. The first-order valence-corrected chi connectivity index (χ1v) is 11.0. The van der Waals surface area contributed by atoms with Crippen LogP contribution >= 0.6 is 11.3 Å². The van der Waals surface area contributed by atoms with E-state index < -0.39 is 6.10 Å². The Hall–Kier alpha value is -2.09. The lowest BCUT2D eigenvalue weighted by Crippen LogP contribution is -2.46. The maximum atomic E-state index is 12.5. The maximum Gasteiger partial charge on any atom is 0.223 e. The first-order chi connectivity index (χ1) is 14.1. The number of methoxy groups -OCH3 is 1. The predicted octanol–water partition coefficient (Wildman–Crippen LogP) is 3.15. The molecule has 0 radical (unpaired) electrons. The third-order valence-corrected chi connectivity index (χ3v) is 6.30. The number of aryl methyl sites for hydroxylation is 1. The molecule has 158 valence electrons. The van der Waals surface area contributed by atoms with E-state index in [0.29, 0.717) is 12.3 Å². The molecule has 1 aliphatic rings. The van der Waals surface area contributed by atoms with Crippen LogP contribution in [0.4, 0.5) is 0 Å². The van der Waals surface area contributed by atoms with E-state index in [2.05, 4.69) is 10.2 Å². The van der Waals surface area contributed by atoms with E-state index in [1.54, 1.807) is 7.11 Å². The highest BCUT2D eigenvalue weighted by Crippen LogP contribution is 2.27. The largest absolute Gasteiger partial charge is 0.497 e. The number of ether oxygens (including phenoxy) is 2. The van der Waals surface area contributed by atoms with E-state index in [0.717, 1.165) is 29.3 Å². The molecule has 1 aromatic heterocycles. The van der Waals surface area contributed by atoms with Gasteiger partial charge in [-0.3, -0.25) is 4.79 Å². The summed E-state index contributed by atoms with van der Waals surface area (Å²) in [6.45, 7) is 4.96. The molecule has 1 aromatic carbocycles. The van der Waals surface area contributed by atoms with Crippen LogP contribution in [0, 0.1) is 6.92 Å². The second-order valence-electron chi connectivity index (χ2n) is 7.37. The molecule has 1 saturated heterocycles. The Labute approximate surface area is 176 Å². The van der Waals surface area contributed by atoms with E-state index in [4.69, 9.17) is 9.47 Å². The second kappa shape index (κ2) is 10.6. The van der Waals surface area contributed by atoms with Crippen molar-refractivity contribution in [3.8, 4) is 11.5 Å². The maximum absolute atomic E-state index is 12.5. The molecule has 1 amide bonds. The molecule has 0 saturated carbocycles. The smallest absolute Gasteiger partial charge is 0.223 e. The first kappa shape index (κ1) is 21.6. The summed E-state index contributed by atoms with van der Waals surface area (Å²) in [6, 6.07) is 8.94. The molecule has 7 heteroatoms. The van der Waals surface area contributed by atoms with Gasteiger partial charge in [-0.2, -0.15) is 0 Å². The van der Waals surface area contributed by atoms with Crippen LogP contribution < -0.4 is 14.8 Å². The van der Waals surface area contributed by atoms with Gasteiger partial charge in [-0.05, 0) is 74.1 Å². The Morgan fingerprint density at radius 3 is 2.52 bits per heavy atom. The summed E-state index contributed by atoms with van der Waals surface area (Å²) in [5.41, 5.74) is 1.06. The highest BCUT2D eigenvalue weighted by molar-refractivity contribution is 7.10. The van der Waals surface area contributed by atoms with E-state index >= 15 is 0 Å². The van der Waals surface area contributed by atoms with Crippen LogP contribution in [0.15, 0.2) is 35.7 Å². The Balaban J connectivity index is 1.54. The van der Waals surface area contributed by atoms with Crippen molar-refractivity contribution < 1.29 is 19.4 Å². The molecular weight excluding hydrogens is 388 g/mol. The highest BCUT2D eigenvalue weighted by atomic mass is 32.1. The molecule has 3 rings (SSSR count). The standard InChI is InChI=1S/C22H30N2O4S/c1-16-10-14-29-22(16)21(26)19(15-24-11-3-4-12-24)23-20(25)9-13-28-18-7-5-17(27-2)6-8-18/h5-8,10,14,19,21,26H,3-4,9,11-13,15H2,1-2H3,(H,23,25). The summed E-state index contributed by atoms with van der Waals surface area (Å²) in [5.74, 6) is 1.34. The molecule has 2 heterocycles. The van der Waals surface area contributed by atoms with Crippen LogP contribution in [0.5, 0.6) is 11.5 Å². The molecule has 1 fully saturated rings. The molecule has 6 nitrogen and oxygen atoms in total. The topological polar surface area (TPSA) is 71.0 Å². The van der Waals surface area contributed by atoms with Gasteiger partial charge >= 0.3 is 0 Å². The number of likely N-dealkylation sites (tertiary alicyclic amines) is 1. The Kier molecular flexibility index (Phi) is 7.91. The fourth-order valence-electron chi connectivity index (χ4n) is 3.55. The monoisotopic (exact) mass is 418 g/mol. The molecule has 2 aromatic rings. The van der Waals surface area contributed by atoms with Crippen molar-refractivity contribution in [1.29, 1.82) is 0 Å². The van der Waals surface area contributed by atoms with Crippen molar-refractivity contribution in [2.24, 2.45) is 0 Å². The van der Waals surface area contributed by atoms with Crippen molar-refractivity contribution in [2.45, 2.75) is 38.3 Å². The highest BCUT2D eigenvalue weighted by Gasteiger charge is 2.28. The molecule has 2 unspecified atom stereocenters. The lowest BCUT2D eigenvalue weighted by Gasteiger charge is -2.28. The van der Waals surface area contributed by atoms with Crippen LogP contribution in [-0.2, 0) is 4.79 Å². The van der Waals surface area contributed by atoms with E-state index in [9.17, 15) is 9.90 Å². The summed E-state index contributed by atoms with van der Waals surface area (Å²) in [6.07, 6.45) is 1.87. The summed E-state index contributed by atoms with van der Waals surface area (Å²) in [7, 11) is 1.62. The predicted molar refractivity (Wildman–Crippen MR) is 115 cm³/mol. The summed E-state index contributed by atoms with van der Waals surface area (Å²) in [4.78, 5) is 15.8. The molecule has 2 N–H and O–H groups in total. The number of benzene rings is 1. The van der Waals surface area contributed by atoms with E-state index in [-0.39, 0.29) is 25.0 Å². The van der Waals surface area contributed by atoms with Crippen molar-refractivity contribution in [1.82, 2.24) is 10.2 Å². The minimum absolute atomic E-state index is 0.115. The number of hydrogen-bond donors (Lipinski definition) is 2. The Morgan fingerprint density at radius 2 is 1.90 bits per heavy atom. The van der Waals surface area contributed by atoms with E-state index in [1.165, 1.54) is 24.2 Å². The van der Waals surface area contributed by atoms with Gasteiger partial charge in [-0.25, -0.2) is 0 Å². The first-order valence-electron chi connectivity index (χ1n) is 10.1. The molecular formula is C22H30N2O4S. The van der Waals surface area contributed by atoms with Gasteiger partial charge in [-0.15, -0.1) is 11.3 Å². The average Bonchev–Trinajstić information content (AvgIpc) is 3.39. The van der Waals surface area contributed by atoms with Crippen LogP contribution in [0.2, 0.25) is 0 Å². The lowest BCUT2D eigenvalue weighted by atomic mass is 10.1. The van der Waals surface area contributed by atoms with Gasteiger partial charge in [0.15, 0.2) is 0 Å². The summed E-state index contributed by atoms with van der Waals surface area (Å²) >= 11 is 1.53. The van der Waals surface area contributed by atoms with Crippen LogP contribution in [-0.4, -0.2) is 55.3 Å². The van der Waals surface area contributed by atoms with Crippen molar-refractivity contribution in [3.05, 3.63) is 46.2 Å². The van der Waals surface area contributed by atoms with Gasteiger partial charge in [0, 0.05) is 11.4 Å². The SMILES string of the molecule is COc1ccc(OCCC(=O)NC(CN2CCCC2)C(O)c2sccc2C)cc1. The molecule has 0 aliphatic carbocycles. The third-order valence-electron chi connectivity index (χ3n) is 5.21. The molecule has 29 heavy (non-hydrogen) atoms. The van der Waals surface area contributed by atoms with Crippen molar-refractivity contribution in [3.63, 3.8) is 0 Å². The van der Waals surface area contributed by atoms with Gasteiger partial charge < -0.3 is 24.8 Å². The van der Waals surface area contributed by atoms with Crippen LogP contribution in [0.3, 0.4) is 0 Å². The average molecular weight is 419 g/mol. The molecule has 0 bridgehead atoms. The van der Waals surface area contributed by atoms with Gasteiger partial charge in [-0.1, -0.05) is 0 Å². The molecule has 1 aliphatic heterocycles. The number of thiophene rings is 1. The third kappa shape index (κ3) is 6.19. The summed E-state index contributed by atoms with van der Waals surface area (Å²) in [5, 5.41) is 16.0. The van der Waals surface area contributed by atoms with Gasteiger partial charge in [0.05, 0.1) is 26.2 Å². The number of aliphatic hydroxyl groups is 1. The molecule has 2 atom stereocenters. The number of carbonyl (C=O) groups excluding carboxylic acids is 1. The normalized spacial score (nSPS) is 16.4. The number of hydrogen-bond acceptors (Lipinski definition) is 6. The Morgan fingerprint density at radius 1 is 1.21 bits per heavy atom. The van der Waals surface area contributed by atoms with Gasteiger partial charge in [0.2, 0.25) is 5.91 Å². The second-order valence-corrected chi connectivity index (χ2v) is 8.32. The zero-order valence-electron chi connectivity index (χ0n) is 17.1. The number of amides is 1. The van der Waals surface area contributed by atoms with Crippen LogP contribution in [0.25, 0.3) is 0 Å². The number of nitrogens with one attached hydrogen (secondary N) is 1. The Bertz CT molecular complexity index is 771. The number of aliphatic hydroxyl groups excluding tert-OH is 1. The molecule has 0 spiro atoms. The van der Waals surface area contributed by atoms with Crippen molar-refractivity contribution in [2.75, 3.05) is 33.4 Å². The zero-order chi connectivity index (χ0) is 20.6. The quantitative estimate of drug-likeness (QED) is 0.620. The number of nitrogens with zero attached hydrogens (tertiary/aromatic N) is 1. The van der Waals surface area contributed by atoms with Crippen molar-refractivity contribution >= 4 is 17.2 Å². The van der Waals surface area contributed by atoms with Gasteiger partial charge in [0.1, 0.15) is 17.6 Å². The van der Waals surface area contributed by atoms with E-state index in [1.807, 2.05) is 42.6 Å². The van der Waals surface area contributed by atoms with Crippen LogP contribution in [0.1, 0.15) is 35.8 Å². The number of rotatable bonds is 10.